The summed E-state index contributed by atoms with van der Waals surface area (Å²) in [4.78, 5) is 2.27. The molecule has 19 heavy (non-hydrogen) atoms. The average Bonchev–Trinajstić information content (AvgIpc) is 2.39. The maximum atomic E-state index is 13.7. The van der Waals surface area contributed by atoms with Gasteiger partial charge < -0.3 is 15.0 Å². The molecule has 4 heteroatoms. The number of rotatable bonds is 5. The maximum Gasteiger partial charge on any atom is 0.125 e. The summed E-state index contributed by atoms with van der Waals surface area (Å²) in [5, 5.41) is 3.07. The van der Waals surface area contributed by atoms with E-state index in [-0.39, 0.29) is 5.82 Å². The number of hydrogen-bond donors (Lipinski definition) is 1. The van der Waals surface area contributed by atoms with Gasteiger partial charge in [-0.3, -0.25) is 0 Å². The molecule has 1 N–H and O–H groups in total. The van der Waals surface area contributed by atoms with Gasteiger partial charge >= 0.3 is 0 Å². The van der Waals surface area contributed by atoms with E-state index in [1.54, 1.807) is 19.2 Å². The first-order valence-electron chi connectivity index (χ1n) is 6.91. The normalized spacial score (nSPS) is 19.7. The number of piperidine rings is 1. The van der Waals surface area contributed by atoms with Gasteiger partial charge in [-0.05, 0) is 49.6 Å². The Morgan fingerprint density at radius 3 is 3.00 bits per heavy atom. The van der Waals surface area contributed by atoms with Crippen LogP contribution in [0.3, 0.4) is 0 Å². The van der Waals surface area contributed by atoms with Gasteiger partial charge in [0.1, 0.15) is 5.82 Å². The lowest BCUT2D eigenvalue weighted by Crippen LogP contribution is -2.37. The largest absolute Gasteiger partial charge is 0.384 e. The highest BCUT2D eigenvalue weighted by Crippen LogP contribution is 2.25. The number of benzene rings is 1. The smallest absolute Gasteiger partial charge is 0.125 e. The highest BCUT2D eigenvalue weighted by Gasteiger charge is 2.20. The van der Waals surface area contributed by atoms with Crippen LogP contribution in [0.25, 0.3) is 0 Å². The van der Waals surface area contributed by atoms with Gasteiger partial charge in [0.15, 0.2) is 0 Å². The monoisotopic (exact) mass is 266 g/mol. The first kappa shape index (κ1) is 14.3. The predicted octanol–water partition coefficient (Wildman–Crippen LogP) is 2.41. The highest BCUT2D eigenvalue weighted by molar-refractivity contribution is 5.49. The molecule has 1 heterocycles. The molecule has 106 valence electrons. The molecule has 1 fully saturated rings. The fourth-order valence-electron chi connectivity index (χ4n) is 2.79. The standard InChI is InChI=1S/C15H23FN2O/c1-17-9-13-6-14(16)8-15(7-13)18-5-3-4-12(10-18)11-19-2/h6-8,12,17H,3-5,9-11H2,1-2H3. The summed E-state index contributed by atoms with van der Waals surface area (Å²) in [7, 11) is 3.62. The molecule has 0 amide bonds. The van der Waals surface area contributed by atoms with Gasteiger partial charge in [-0.2, -0.15) is 0 Å². The lowest BCUT2D eigenvalue weighted by molar-refractivity contribution is 0.143. The summed E-state index contributed by atoms with van der Waals surface area (Å²) in [5.41, 5.74) is 1.98. The van der Waals surface area contributed by atoms with Crippen molar-refractivity contribution in [3.63, 3.8) is 0 Å². The lowest BCUT2D eigenvalue weighted by Gasteiger charge is -2.34. The van der Waals surface area contributed by atoms with Crippen molar-refractivity contribution >= 4 is 5.69 Å². The number of hydrogen-bond acceptors (Lipinski definition) is 3. The molecule has 3 nitrogen and oxygen atoms in total. The summed E-state index contributed by atoms with van der Waals surface area (Å²) >= 11 is 0. The van der Waals surface area contributed by atoms with E-state index in [1.807, 2.05) is 7.05 Å². The molecular weight excluding hydrogens is 243 g/mol. The average molecular weight is 266 g/mol. The SMILES string of the molecule is CNCc1cc(F)cc(N2CCCC(COC)C2)c1. The fraction of sp³-hybridized carbons (Fsp3) is 0.600. The number of nitrogens with one attached hydrogen (secondary N) is 1. The Hall–Kier alpha value is -1.13. The van der Waals surface area contributed by atoms with Crippen molar-refractivity contribution in [3.8, 4) is 0 Å². The van der Waals surface area contributed by atoms with Crippen molar-refractivity contribution in [1.29, 1.82) is 0 Å². The van der Waals surface area contributed by atoms with Crippen molar-refractivity contribution < 1.29 is 9.13 Å². The summed E-state index contributed by atoms with van der Waals surface area (Å²) in [6.45, 7) is 3.44. The van der Waals surface area contributed by atoms with E-state index < -0.39 is 0 Å². The molecule has 2 rings (SSSR count). The molecule has 1 aliphatic heterocycles. The lowest BCUT2D eigenvalue weighted by atomic mass is 9.98. The van der Waals surface area contributed by atoms with E-state index >= 15 is 0 Å². The molecule has 0 spiro atoms. The van der Waals surface area contributed by atoms with Crippen molar-refractivity contribution in [2.24, 2.45) is 5.92 Å². The van der Waals surface area contributed by atoms with Crippen LogP contribution in [0, 0.1) is 11.7 Å². The van der Waals surface area contributed by atoms with E-state index in [2.05, 4.69) is 16.3 Å². The molecular formula is C15H23FN2O. The van der Waals surface area contributed by atoms with Gasteiger partial charge in [0.25, 0.3) is 0 Å². The van der Waals surface area contributed by atoms with Crippen LogP contribution >= 0.6 is 0 Å². The zero-order valence-electron chi connectivity index (χ0n) is 11.8. The third-order valence-corrected chi connectivity index (χ3v) is 3.61. The minimum absolute atomic E-state index is 0.156. The predicted molar refractivity (Wildman–Crippen MR) is 76.0 cm³/mol. The summed E-state index contributed by atoms with van der Waals surface area (Å²) in [5.74, 6) is 0.395. The number of anilines is 1. The van der Waals surface area contributed by atoms with Gasteiger partial charge in [0.05, 0.1) is 6.61 Å². The van der Waals surface area contributed by atoms with Crippen molar-refractivity contribution in [1.82, 2.24) is 5.32 Å². The van der Waals surface area contributed by atoms with E-state index in [0.29, 0.717) is 12.5 Å². The summed E-state index contributed by atoms with van der Waals surface area (Å²) in [6.07, 6.45) is 2.34. The Morgan fingerprint density at radius 1 is 1.42 bits per heavy atom. The number of ether oxygens (including phenoxy) is 1. The summed E-state index contributed by atoms with van der Waals surface area (Å²) in [6, 6.07) is 5.31. The van der Waals surface area contributed by atoms with E-state index in [1.165, 1.54) is 6.42 Å². The zero-order valence-corrected chi connectivity index (χ0v) is 11.8. The third-order valence-electron chi connectivity index (χ3n) is 3.61. The van der Waals surface area contributed by atoms with Crippen LogP contribution in [0.5, 0.6) is 0 Å². The number of nitrogens with zero attached hydrogens (tertiary/aromatic N) is 1. The molecule has 0 radical (unpaired) electrons. The first-order valence-corrected chi connectivity index (χ1v) is 6.91. The van der Waals surface area contributed by atoms with Gasteiger partial charge in [-0.15, -0.1) is 0 Å². The van der Waals surface area contributed by atoms with Gasteiger partial charge in [-0.25, -0.2) is 4.39 Å². The van der Waals surface area contributed by atoms with E-state index in [4.69, 9.17) is 4.74 Å². The van der Waals surface area contributed by atoms with Crippen molar-refractivity contribution in [2.45, 2.75) is 19.4 Å². The Kier molecular flexibility index (Phi) is 5.16. The molecule has 1 saturated heterocycles. The quantitative estimate of drug-likeness (QED) is 0.885. The van der Waals surface area contributed by atoms with Gasteiger partial charge in [-0.1, -0.05) is 0 Å². The van der Waals surface area contributed by atoms with Crippen molar-refractivity contribution in [3.05, 3.63) is 29.6 Å². The van der Waals surface area contributed by atoms with E-state index in [9.17, 15) is 4.39 Å². The molecule has 1 aliphatic rings. The first-order chi connectivity index (χ1) is 9.22. The minimum Gasteiger partial charge on any atom is -0.384 e. The highest BCUT2D eigenvalue weighted by atomic mass is 19.1. The van der Waals surface area contributed by atoms with E-state index in [0.717, 1.165) is 37.4 Å². The Labute approximate surface area is 114 Å². The molecule has 0 saturated carbocycles. The molecule has 0 bridgehead atoms. The van der Waals surface area contributed by atoms with Gasteiger partial charge in [0.2, 0.25) is 0 Å². The van der Waals surface area contributed by atoms with Crippen LogP contribution in [-0.4, -0.2) is 33.9 Å². The maximum absolute atomic E-state index is 13.7. The fourth-order valence-corrected chi connectivity index (χ4v) is 2.79. The van der Waals surface area contributed by atoms with Crippen LogP contribution in [0.2, 0.25) is 0 Å². The summed E-state index contributed by atoms with van der Waals surface area (Å²) < 4.78 is 18.9. The van der Waals surface area contributed by atoms with Crippen LogP contribution < -0.4 is 10.2 Å². The molecule has 0 aliphatic carbocycles. The van der Waals surface area contributed by atoms with Crippen LogP contribution in [0.1, 0.15) is 18.4 Å². The Morgan fingerprint density at radius 2 is 2.26 bits per heavy atom. The van der Waals surface area contributed by atoms with Gasteiger partial charge in [0, 0.05) is 32.4 Å². The van der Waals surface area contributed by atoms with Crippen molar-refractivity contribution in [2.75, 3.05) is 38.8 Å². The number of halogens is 1. The Bertz CT molecular complexity index is 409. The number of methoxy groups -OCH3 is 1. The van der Waals surface area contributed by atoms with Crippen LogP contribution in [-0.2, 0) is 11.3 Å². The second kappa shape index (κ2) is 6.87. The third kappa shape index (κ3) is 3.91. The van der Waals surface area contributed by atoms with Crippen LogP contribution in [0.4, 0.5) is 10.1 Å². The van der Waals surface area contributed by atoms with Crippen LogP contribution in [0.15, 0.2) is 18.2 Å². The second-order valence-electron chi connectivity index (χ2n) is 5.26. The molecule has 0 aromatic heterocycles. The topological polar surface area (TPSA) is 24.5 Å². The minimum atomic E-state index is -0.156. The second-order valence-corrected chi connectivity index (χ2v) is 5.26. The molecule has 1 unspecified atom stereocenters. The molecule has 1 aromatic carbocycles. The molecule has 1 atom stereocenters. The Balaban J connectivity index is 2.11. The molecule has 1 aromatic rings. The zero-order chi connectivity index (χ0) is 13.7.